The van der Waals surface area contributed by atoms with E-state index >= 15 is 0 Å². The van der Waals surface area contributed by atoms with Gasteiger partial charge in [0.2, 0.25) is 0 Å². The van der Waals surface area contributed by atoms with Gasteiger partial charge in [-0.3, -0.25) is 4.79 Å². The Balaban J connectivity index is 2.38. The number of rotatable bonds is 3. The van der Waals surface area contributed by atoms with Crippen molar-refractivity contribution < 1.29 is 14.3 Å². The first kappa shape index (κ1) is 10.4. The van der Waals surface area contributed by atoms with E-state index in [4.69, 9.17) is 9.52 Å². The number of oxazole rings is 1. The van der Waals surface area contributed by atoms with Crippen LogP contribution in [0.1, 0.15) is 17.9 Å². The van der Waals surface area contributed by atoms with Crippen LogP contribution >= 0.6 is 0 Å². The molecule has 0 aliphatic heterocycles. The molecule has 16 heavy (non-hydrogen) atoms. The van der Waals surface area contributed by atoms with Gasteiger partial charge in [0, 0.05) is 6.92 Å². The zero-order chi connectivity index (χ0) is 11.7. The van der Waals surface area contributed by atoms with E-state index in [9.17, 15) is 4.79 Å². The number of aromatic nitrogens is 1. The SMILES string of the molecule is C=C(CC(=O)O)c1ccc2oc(C)nc2c1. The lowest BCUT2D eigenvalue weighted by molar-refractivity contribution is -0.135. The van der Waals surface area contributed by atoms with Crippen molar-refractivity contribution >= 4 is 22.6 Å². The van der Waals surface area contributed by atoms with Gasteiger partial charge in [-0.1, -0.05) is 12.6 Å². The van der Waals surface area contributed by atoms with Gasteiger partial charge in [0.15, 0.2) is 11.5 Å². The molecule has 0 radical (unpaired) electrons. The maximum absolute atomic E-state index is 10.6. The minimum Gasteiger partial charge on any atom is -0.481 e. The minimum absolute atomic E-state index is 0.0671. The number of hydrogen-bond donors (Lipinski definition) is 1. The van der Waals surface area contributed by atoms with Gasteiger partial charge < -0.3 is 9.52 Å². The number of aryl methyl sites for hydroxylation is 1. The summed E-state index contributed by atoms with van der Waals surface area (Å²) < 4.78 is 5.33. The monoisotopic (exact) mass is 217 g/mol. The van der Waals surface area contributed by atoms with Crippen molar-refractivity contribution in [3.05, 3.63) is 36.2 Å². The molecular weight excluding hydrogens is 206 g/mol. The molecule has 0 aliphatic carbocycles. The molecule has 0 saturated heterocycles. The van der Waals surface area contributed by atoms with Crippen LogP contribution in [0.25, 0.3) is 16.7 Å². The Labute approximate surface area is 92.2 Å². The molecule has 1 aromatic heterocycles. The van der Waals surface area contributed by atoms with Crippen molar-refractivity contribution in [3.8, 4) is 0 Å². The molecule has 2 rings (SSSR count). The van der Waals surface area contributed by atoms with Gasteiger partial charge in [-0.05, 0) is 23.3 Å². The van der Waals surface area contributed by atoms with Crippen LogP contribution in [-0.2, 0) is 4.79 Å². The van der Waals surface area contributed by atoms with E-state index in [-0.39, 0.29) is 6.42 Å². The summed E-state index contributed by atoms with van der Waals surface area (Å²) in [6.07, 6.45) is -0.0671. The van der Waals surface area contributed by atoms with E-state index in [0.29, 0.717) is 17.0 Å². The smallest absolute Gasteiger partial charge is 0.307 e. The summed E-state index contributed by atoms with van der Waals surface area (Å²) in [5.74, 6) is -0.294. The third-order valence-corrected chi connectivity index (χ3v) is 2.27. The highest BCUT2D eigenvalue weighted by atomic mass is 16.4. The van der Waals surface area contributed by atoms with Crippen LogP contribution < -0.4 is 0 Å². The summed E-state index contributed by atoms with van der Waals surface area (Å²) in [5, 5.41) is 8.67. The van der Waals surface area contributed by atoms with E-state index in [2.05, 4.69) is 11.6 Å². The second-order valence-corrected chi connectivity index (χ2v) is 3.59. The molecule has 1 heterocycles. The second-order valence-electron chi connectivity index (χ2n) is 3.59. The molecule has 0 fully saturated rings. The Hall–Kier alpha value is -2.10. The van der Waals surface area contributed by atoms with Crippen LogP contribution in [0.15, 0.2) is 29.2 Å². The standard InChI is InChI=1S/C12H11NO3/c1-7(5-12(14)15)9-3-4-11-10(6-9)13-8(2)16-11/h3-4,6H,1,5H2,2H3,(H,14,15). The highest BCUT2D eigenvalue weighted by molar-refractivity contribution is 5.86. The Morgan fingerprint density at radius 3 is 3.00 bits per heavy atom. The number of fused-ring (bicyclic) bond motifs is 1. The zero-order valence-electron chi connectivity index (χ0n) is 8.86. The number of carboxylic acid groups (broad SMARTS) is 1. The summed E-state index contributed by atoms with van der Waals surface area (Å²) in [6.45, 7) is 5.51. The zero-order valence-corrected chi connectivity index (χ0v) is 8.86. The van der Waals surface area contributed by atoms with Crippen LogP contribution in [0, 0.1) is 6.92 Å². The molecule has 1 N–H and O–H groups in total. The first-order valence-electron chi connectivity index (χ1n) is 4.83. The van der Waals surface area contributed by atoms with E-state index in [1.165, 1.54) is 0 Å². The van der Waals surface area contributed by atoms with Gasteiger partial charge in [-0.2, -0.15) is 0 Å². The predicted octanol–water partition coefficient (Wildman–Crippen LogP) is 2.62. The number of aliphatic carboxylic acids is 1. The largest absolute Gasteiger partial charge is 0.481 e. The number of benzene rings is 1. The summed E-state index contributed by atoms with van der Waals surface area (Å²) in [6, 6.07) is 5.35. The van der Waals surface area contributed by atoms with Gasteiger partial charge >= 0.3 is 5.97 Å². The summed E-state index contributed by atoms with van der Waals surface area (Å²) >= 11 is 0. The Bertz CT molecular complexity index is 569. The molecule has 2 aromatic rings. The van der Waals surface area contributed by atoms with E-state index in [1.54, 1.807) is 25.1 Å². The third-order valence-electron chi connectivity index (χ3n) is 2.27. The van der Waals surface area contributed by atoms with Gasteiger partial charge in [0.25, 0.3) is 0 Å². The second kappa shape index (κ2) is 3.81. The molecule has 0 amide bonds. The molecule has 0 bridgehead atoms. The minimum atomic E-state index is -0.888. The van der Waals surface area contributed by atoms with Crippen molar-refractivity contribution in [3.63, 3.8) is 0 Å². The van der Waals surface area contributed by atoms with Crippen LogP contribution in [0.4, 0.5) is 0 Å². The lowest BCUT2D eigenvalue weighted by Gasteiger charge is -2.01. The molecule has 0 spiro atoms. The van der Waals surface area contributed by atoms with E-state index in [0.717, 1.165) is 11.1 Å². The molecule has 0 unspecified atom stereocenters. The van der Waals surface area contributed by atoms with Crippen molar-refractivity contribution in [2.75, 3.05) is 0 Å². The number of nitrogens with zero attached hydrogens (tertiary/aromatic N) is 1. The number of hydrogen-bond acceptors (Lipinski definition) is 3. The first-order chi connectivity index (χ1) is 7.56. The van der Waals surface area contributed by atoms with Crippen molar-refractivity contribution in [2.24, 2.45) is 0 Å². The summed E-state index contributed by atoms with van der Waals surface area (Å²) in [5.41, 5.74) is 2.77. The Kier molecular flexibility index (Phi) is 2.48. The van der Waals surface area contributed by atoms with Crippen LogP contribution in [0.3, 0.4) is 0 Å². The predicted molar refractivity (Wildman–Crippen MR) is 60.0 cm³/mol. The Morgan fingerprint density at radius 2 is 2.31 bits per heavy atom. The third kappa shape index (κ3) is 1.95. The fourth-order valence-corrected chi connectivity index (χ4v) is 1.55. The fourth-order valence-electron chi connectivity index (χ4n) is 1.55. The number of carbonyl (C=O) groups is 1. The maximum atomic E-state index is 10.6. The Morgan fingerprint density at radius 1 is 1.56 bits per heavy atom. The maximum Gasteiger partial charge on any atom is 0.307 e. The van der Waals surface area contributed by atoms with Gasteiger partial charge in [0.1, 0.15) is 5.52 Å². The van der Waals surface area contributed by atoms with Crippen LogP contribution in [-0.4, -0.2) is 16.1 Å². The lowest BCUT2D eigenvalue weighted by Crippen LogP contribution is -1.95. The highest BCUT2D eigenvalue weighted by Crippen LogP contribution is 2.22. The average Bonchev–Trinajstić information content (AvgIpc) is 2.55. The summed E-state index contributed by atoms with van der Waals surface area (Å²) in [7, 11) is 0. The van der Waals surface area contributed by atoms with Crippen molar-refractivity contribution in [1.29, 1.82) is 0 Å². The molecule has 4 nitrogen and oxygen atoms in total. The molecule has 0 saturated carbocycles. The van der Waals surface area contributed by atoms with Crippen molar-refractivity contribution in [1.82, 2.24) is 4.98 Å². The first-order valence-corrected chi connectivity index (χ1v) is 4.83. The molecule has 4 heteroatoms. The molecule has 82 valence electrons. The van der Waals surface area contributed by atoms with Crippen molar-refractivity contribution in [2.45, 2.75) is 13.3 Å². The lowest BCUT2D eigenvalue weighted by atomic mass is 10.0. The van der Waals surface area contributed by atoms with Gasteiger partial charge in [0.05, 0.1) is 6.42 Å². The average molecular weight is 217 g/mol. The fraction of sp³-hybridized carbons (Fsp3) is 0.167. The number of carboxylic acids is 1. The van der Waals surface area contributed by atoms with Gasteiger partial charge in [-0.15, -0.1) is 0 Å². The van der Waals surface area contributed by atoms with Crippen LogP contribution in [0.5, 0.6) is 0 Å². The topological polar surface area (TPSA) is 63.3 Å². The van der Waals surface area contributed by atoms with Gasteiger partial charge in [-0.25, -0.2) is 4.98 Å². The molecule has 1 aromatic carbocycles. The summed E-state index contributed by atoms with van der Waals surface area (Å²) in [4.78, 5) is 14.7. The molecule has 0 atom stereocenters. The quantitative estimate of drug-likeness (QED) is 0.858. The highest BCUT2D eigenvalue weighted by Gasteiger charge is 2.07. The van der Waals surface area contributed by atoms with Crippen LogP contribution in [0.2, 0.25) is 0 Å². The molecule has 0 aliphatic rings. The molecular formula is C12H11NO3. The van der Waals surface area contributed by atoms with E-state index < -0.39 is 5.97 Å². The normalized spacial score (nSPS) is 10.6. The van der Waals surface area contributed by atoms with E-state index in [1.807, 2.05) is 0 Å².